The third-order valence-electron chi connectivity index (χ3n) is 2.42. The average Bonchev–Trinajstić information content (AvgIpc) is 2.27. The van der Waals surface area contributed by atoms with Gasteiger partial charge in [-0.3, -0.25) is 4.79 Å². The van der Waals surface area contributed by atoms with Gasteiger partial charge in [-0.15, -0.1) is 0 Å². The highest BCUT2D eigenvalue weighted by Crippen LogP contribution is 2.22. The molecule has 1 unspecified atom stereocenters. The van der Waals surface area contributed by atoms with Gasteiger partial charge in [-0.2, -0.15) is 0 Å². The Morgan fingerprint density at radius 3 is 2.44 bits per heavy atom. The van der Waals surface area contributed by atoms with Crippen LogP contribution < -0.4 is 0 Å². The van der Waals surface area contributed by atoms with Gasteiger partial charge in [0.25, 0.3) is 0 Å². The van der Waals surface area contributed by atoms with E-state index >= 15 is 0 Å². The van der Waals surface area contributed by atoms with Crippen LogP contribution in [0.5, 0.6) is 0 Å². The molecule has 0 aromatic carbocycles. The molecular formula is C12H20O4. The lowest BCUT2D eigenvalue weighted by Crippen LogP contribution is -2.31. The van der Waals surface area contributed by atoms with Crippen molar-refractivity contribution >= 4 is 11.9 Å². The monoisotopic (exact) mass is 228 g/mol. The fourth-order valence-electron chi connectivity index (χ4n) is 1.18. The van der Waals surface area contributed by atoms with Crippen molar-refractivity contribution in [1.82, 2.24) is 0 Å². The number of hydrogen-bond acceptors (Lipinski definition) is 4. The second kappa shape index (κ2) is 7.04. The van der Waals surface area contributed by atoms with Crippen LogP contribution in [-0.2, 0) is 19.1 Å². The van der Waals surface area contributed by atoms with Crippen molar-refractivity contribution in [3.05, 3.63) is 12.7 Å². The molecule has 92 valence electrons. The molecule has 0 aromatic rings. The Kier molecular flexibility index (Phi) is 6.46. The molecule has 0 aliphatic rings. The molecule has 0 aromatic heterocycles. The van der Waals surface area contributed by atoms with Gasteiger partial charge in [0.1, 0.15) is 5.60 Å². The maximum Gasteiger partial charge on any atom is 0.330 e. The molecule has 0 saturated heterocycles. The molecule has 4 nitrogen and oxygen atoms in total. The summed E-state index contributed by atoms with van der Waals surface area (Å²) in [5, 5.41) is 0. The lowest BCUT2D eigenvalue weighted by molar-refractivity contribution is -0.156. The van der Waals surface area contributed by atoms with E-state index < -0.39 is 11.6 Å². The molecular weight excluding hydrogens is 208 g/mol. The largest absolute Gasteiger partial charge is 0.466 e. The number of esters is 2. The molecule has 1 atom stereocenters. The number of carbonyl (C=O) groups is 2. The van der Waals surface area contributed by atoms with Gasteiger partial charge >= 0.3 is 11.9 Å². The molecule has 4 heteroatoms. The predicted octanol–water partition coefficient (Wildman–Crippen LogP) is 2.23. The quantitative estimate of drug-likeness (QED) is 0.495. The lowest BCUT2D eigenvalue weighted by Gasteiger charge is -2.27. The van der Waals surface area contributed by atoms with Crippen molar-refractivity contribution in [2.24, 2.45) is 0 Å². The third-order valence-corrected chi connectivity index (χ3v) is 2.42. The molecule has 16 heavy (non-hydrogen) atoms. The maximum absolute atomic E-state index is 11.2. The van der Waals surface area contributed by atoms with Crippen molar-refractivity contribution in [1.29, 1.82) is 0 Å². The summed E-state index contributed by atoms with van der Waals surface area (Å²) < 4.78 is 10.0. The molecule has 0 fully saturated rings. The number of carbonyl (C=O) groups excluding carboxylic acids is 2. The van der Waals surface area contributed by atoms with E-state index in [1.54, 1.807) is 13.8 Å². The van der Waals surface area contributed by atoms with E-state index in [2.05, 4.69) is 6.58 Å². The first kappa shape index (κ1) is 14.7. The number of ether oxygens (including phenoxy) is 2. The molecule has 0 saturated carbocycles. The normalized spacial score (nSPS) is 13.7. The van der Waals surface area contributed by atoms with E-state index in [1.165, 1.54) is 0 Å². The van der Waals surface area contributed by atoms with Gasteiger partial charge in [0, 0.05) is 12.5 Å². The fourth-order valence-corrected chi connectivity index (χ4v) is 1.18. The summed E-state index contributed by atoms with van der Waals surface area (Å²) >= 11 is 0. The highest BCUT2D eigenvalue weighted by Gasteiger charge is 2.26. The van der Waals surface area contributed by atoms with Crippen LogP contribution >= 0.6 is 0 Å². The Labute approximate surface area is 96.6 Å². The molecule has 0 spiro atoms. The van der Waals surface area contributed by atoms with Crippen LogP contribution in [0.4, 0.5) is 0 Å². The first-order chi connectivity index (χ1) is 7.47. The Hall–Kier alpha value is -1.32. The SMILES string of the molecule is C=CC(=O)OC(C)(CC)CCC(=O)OCC. The van der Waals surface area contributed by atoms with Crippen LogP contribution in [0.3, 0.4) is 0 Å². The van der Waals surface area contributed by atoms with Crippen molar-refractivity contribution in [3.63, 3.8) is 0 Å². The predicted molar refractivity (Wildman–Crippen MR) is 60.9 cm³/mol. The molecule has 0 bridgehead atoms. The molecule has 0 aliphatic carbocycles. The maximum atomic E-state index is 11.2. The minimum Gasteiger partial charge on any atom is -0.466 e. The summed E-state index contributed by atoms with van der Waals surface area (Å²) in [6.45, 7) is 9.17. The molecule has 0 amide bonds. The van der Waals surface area contributed by atoms with E-state index in [0.717, 1.165) is 6.08 Å². The minimum absolute atomic E-state index is 0.253. The zero-order valence-electron chi connectivity index (χ0n) is 10.2. The van der Waals surface area contributed by atoms with E-state index in [1.807, 2.05) is 6.92 Å². The topological polar surface area (TPSA) is 52.6 Å². The van der Waals surface area contributed by atoms with E-state index in [4.69, 9.17) is 9.47 Å². The van der Waals surface area contributed by atoms with Gasteiger partial charge in [0.05, 0.1) is 6.61 Å². The Morgan fingerprint density at radius 1 is 1.38 bits per heavy atom. The summed E-state index contributed by atoms with van der Waals surface area (Å²) in [7, 11) is 0. The lowest BCUT2D eigenvalue weighted by atomic mass is 9.97. The summed E-state index contributed by atoms with van der Waals surface area (Å²) in [6.07, 6.45) is 2.48. The van der Waals surface area contributed by atoms with Crippen LogP contribution in [0.2, 0.25) is 0 Å². The van der Waals surface area contributed by atoms with Crippen LogP contribution in [0.15, 0.2) is 12.7 Å². The highest BCUT2D eigenvalue weighted by atomic mass is 16.6. The average molecular weight is 228 g/mol. The zero-order valence-corrected chi connectivity index (χ0v) is 10.2. The van der Waals surface area contributed by atoms with Crippen molar-refractivity contribution in [2.75, 3.05) is 6.61 Å². The summed E-state index contributed by atoms with van der Waals surface area (Å²) in [5.41, 5.74) is -0.627. The highest BCUT2D eigenvalue weighted by molar-refractivity contribution is 5.81. The van der Waals surface area contributed by atoms with Gasteiger partial charge in [0.2, 0.25) is 0 Å². The third kappa shape index (κ3) is 5.53. The summed E-state index contributed by atoms with van der Waals surface area (Å²) in [4.78, 5) is 22.3. The minimum atomic E-state index is -0.627. The number of rotatable bonds is 7. The Morgan fingerprint density at radius 2 is 2.00 bits per heavy atom. The van der Waals surface area contributed by atoms with E-state index in [-0.39, 0.29) is 12.4 Å². The van der Waals surface area contributed by atoms with Crippen LogP contribution in [0.1, 0.15) is 40.0 Å². The van der Waals surface area contributed by atoms with Gasteiger partial charge in [-0.05, 0) is 26.7 Å². The first-order valence-electron chi connectivity index (χ1n) is 5.48. The molecule has 0 N–H and O–H groups in total. The zero-order chi connectivity index (χ0) is 12.6. The van der Waals surface area contributed by atoms with Crippen molar-refractivity contribution < 1.29 is 19.1 Å². The second-order valence-electron chi connectivity index (χ2n) is 3.73. The Bertz CT molecular complexity index is 260. The number of hydrogen-bond donors (Lipinski definition) is 0. The van der Waals surface area contributed by atoms with Gasteiger partial charge < -0.3 is 9.47 Å². The summed E-state index contributed by atoms with van der Waals surface area (Å²) in [6, 6.07) is 0. The summed E-state index contributed by atoms with van der Waals surface area (Å²) in [5.74, 6) is -0.731. The van der Waals surface area contributed by atoms with Gasteiger partial charge in [0.15, 0.2) is 0 Å². The van der Waals surface area contributed by atoms with Gasteiger partial charge in [-0.1, -0.05) is 13.5 Å². The van der Waals surface area contributed by atoms with E-state index in [9.17, 15) is 9.59 Å². The molecule has 0 rings (SSSR count). The van der Waals surface area contributed by atoms with Crippen LogP contribution in [0, 0.1) is 0 Å². The van der Waals surface area contributed by atoms with Gasteiger partial charge in [-0.25, -0.2) is 4.79 Å². The standard InChI is InChI=1S/C12H20O4/c1-5-10(13)16-12(4,6-2)9-8-11(14)15-7-3/h5H,1,6-9H2,2-4H3. The van der Waals surface area contributed by atoms with Crippen molar-refractivity contribution in [2.45, 2.75) is 45.6 Å². The van der Waals surface area contributed by atoms with Crippen LogP contribution in [0.25, 0.3) is 0 Å². The van der Waals surface area contributed by atoms with E-state index in [0.29, 0.717) is 19.4 Å². The Balaban J connectivity index is 4.20. The smallest absolute Gasteiger partial charge is 0.330 e. The van der Waals surface area contributed by atoms with Crippen LogP contribution in [-0.4, -0.2) is 24.1 Å². The molecule has 0 radical (unpaired) electrons. The van der Waals surface area contributed by atoms with Crippen molar-refractivity contribution in [3.8, 4) is 0 Å². The molecule has 0 heterocycles. The first-order valence-corrected chi connectivity index (χ1v) is 5.48. The molecule has 0 aliphatic heterocycles. The second-order valence-corrected chi connectivity index (χ2v) is 3.73. The fraction of sp³-hybridized carbons (Fsp3) is 0.667.